The van der Waals surface area contributed by atoms with Crippen molar-refractivity contribution in [2.24, 2.45) is 17.6 Å². The molecule has 5 atom stereocenters. The number of hydrogen-bond donors (Lipinski definition) is 6. The SMILES string of the molecule is CN(C)c1cc(CNC(=O)C(Cc2ccccc2)N(C)C)c(O)c2c1C[C@@H]1C[C@@H]3[C@@H](N(C)C)C(=O)C(C(N)=O)=C(O)[C@@]3(O)C(=O)C1=C2O. The van der Waals surface area contributed by atoms with E-state index in [1.165, 1.54) is 4.90 Å². The van der Waals surface area contributed by atoms with Crippen LogP contribution in [0.1, 0.15) is 28.7 Å². The number of rotatable bonds is 9. The van der Waals surface area contributed by atoms with Crippen LogP contribution in [0, 0.1) is 11.8 Å². The van der Waals surface area contributed by atoms with Crippen LogP contribution in [0.3, 0.4) is 0 Å². The first kappa shape index (κ1) is 34.6. The normalized spacial score (nSPS) is 24.3. The summed E-state index contributed by atoms with van der Waals surface area (Å²) < 4.78 is 0. The lowest BCUT2D eigenvalue weighted by molar-refractivity contribution is -0.153. The van der Waals surface area contributed by atoms with E-state index in [-0.39, 0.29) is 47.7 Å². The number of phenolic OH excluding ortho intramolecular Hbond substituents is 1. The number of anilines is 1. The van der Waals surface area contributed by atoms with Crippen molar-refractivity contribution in [1.82, 2.24) is 15.1 Å². The Labute approximate surface area is 278 Å². The molecule has 13 nitrogen and oxygen atoms in total. The Morgan fingerprint density at radius 2 is 1.69 bits per heavy atom. The number of phenols is 1. The van der Waals surface area contributed by atoms with Gasteiger partial charge in [-0.1, -0.05) is 30.3 Å². The number of aliphatic hydroxyl groups is 3. The lowest BCUT2D eigenvalue weighted by Gasteiger charge is -2.50. The minimum atomic E-state index is -2.73. The van der Waals surface area contributed by atoms with Crippen molar-refractivity contribution in [2.45, 2.75) is 43.5 Å². The largest absolute Gasteiger partial charge is 0.508 e. The first-order valence-electron chi connectivity index (χ1n) is 15.7. The summed E-state index contributed by atoms with van der Waals surface area (Å²) >= 11 is 0. The van der Waals surface area contributed by atoms with Crippen LogP contribution in [0.2, 0.25) is 0 Å². The number of amides is 2. The number of nitrogens with one attached hydrogen (secondary N) is 1. The van der Waals surface area contributed by atoms with Gasteiger partial charge in [-0.3, -0.25) is 29.0 Å². The fraction of sp³-hybridized carbons (Fsp3) is 0.429. The second kappa shape index (κ2) is 12.7. The molecular weight excluding hydrogens is 618 g/mol. The number of primary amides is 1. The second-order valence-electron chi connectivity index (χ2n) is 13.5. The lowest BCUT2D eigenvalue weighted by atomic mass is 9.57. The van der Waals surface area contributed by atoms with Crippen molar-refractivity contribution in [3.8, 4) is 5.75 Å². The van der Waals surface area contributed by atoms with Gasteiger partial charge in [-0.05, 0) is 70.6 Å². The summed E-state index contributed by atoms with van der Waals surface area (Å²) in [6.07, 6.45) is 0.602. The summed E-state index contributed by atoms with van der Waals surface area (Å²) in [6, 6.07) is 9.62. The van der Waals surface area contributed by atoms with Gasteiger partial charge in [0.05, 0.1) is 17.6 Å². The van der Waals surface area contributed by atoms with Crippen molar-refractivity contribution in [3.63, 3.8) is 0 Å². The van der Waals surface area contributed by atoms with Gasteiger partial charge in [0, 0.05) is 43.4 Å². The maximum atomic E-state index is 14.2. The third-order valence-electron chi connectivity index (χ3n) is 9.91. The van der Waals surface area contributed by atoms with E-state index in [1.807, 2.05) is 30.3 Å². The minimum Gasteiger partial charge on any atom is -0.508 e. The molecule has 0 aliphatic heterocycles. The van der Waals surface area contributed by atoms with Gasteiger partial charge in [0.25, 0.3) is 5.91 Å². The van der Waals surface area contributed by atoms with Crippen LogP contribution in [-0.4, -0.2) is 114 Å². The first-order chi connectivity index (χ1) is 22.5. The zero-order chi connectivity index (χ0) is 35.4. The summed E-state index contributed by atoms with van der Waals surface area (Å²) in [5, 5.41) is 49.2. The summed E-state index contributed by atoms with van der Waals surface area (Å²) in [4.78, 5) is 58.2. The molecule has 7 N–H and O–H groups in total. The molecule has 3 aliphatic rings. The topological polar surface area (TPSA) is 197 Å². The van der Waals surface area contributed by atoms with Crippen LogP contribution < -0.4 is 16.0 Å². The first-order valence-corrected chi connectivity index (χ1v) is 15.7. The lowest BCUT2D eigenvalue weighted by Crippen LogP contribution is -2.65. The standard InChI is InChI=1S/C35H43N5O8/c1-38(2)22-15-19(16-37-34(47)23(39(3)4)12-17-10-8-7-9-11-17)28(41)25-20(22)13-18-14-21-27(40(5)6)30(43)26(33(36)46)32(45)35(21,48)31(44)24(18)29(25)42/h7-11,15,18,21,23,27,41-42,45,48H,12-14,16H2,1-6H3,(H2,36,46)(H,37,47)/t18-,21-,23?,27-,35+/m1/s1. The van der Waals surface area contributed by atoms with Crippen molar-refractivity contribution < 1.29 is 39.6 Å². The Morgan fingerprint density at radius 1 is 1.04 bits per heavy atom. The Hall–Kier alpha value is -4.72. The molecule has 256 valence electrons. The zero-order valence-electron chi connectivity index (χ0n) is 27.9. The molecule has 2 aromatic rings. The smallest absolute Gasteiger partial charge is 0.255 e. The van der Waals surface area contributed by atoms with Crippen LogP contribution in [0.4, 0.5) is 5.69 Å². The molecule has 13 heteroatoms. The minimum absolute atomic E-state index is 0.00939. The molecule has 0 heterocycles. The predicted molar refractivity (Wildman–Crippen MR) is 178 cm³/mol. The third kappa shape index (κ3) is 5.51. The van der Waals surface area contributed by atoms with Crippen LogP contribution in [-0.2, 0) is 38.6 Å². The van der Waals surface area contributed by atoms with Gasteiger partial charge in [0.2, 0.25) is 11.7 Å². The third-order valence-corrected chi connectivity index (χ3v) is 9.91. The number of carbonyl (C=O) groups is 4. The molecule has 0 radical (unpaired) electrons. The van der Waals surface area contributed by atoms with Crippen molar-refractivity contribution in [3.05, 3.63) is 75.6 Å². The number of nitrogens with two attached hydrogens (primary N) is 1. The number of benzene rings is 2. The van der Waals surface area contributed by atoms with E-state index in [9.17, 15) is 39.6 Å². The summed E-state index contributed by atoms with van der Waals surface area (Å²) in [7, 11) is 10.3. The number of carbonyl (C=O) groups excluding carboxylic acids is 4. The van der Waals surface area contributed by atoms with E-state index < -0.39 is 64.1 Å². The molecule has 0 saturated heterocycles. The maximum absolute atomic E-state index is 14.2. The van der Waals surface area contributed by atoms with E-state index in [2.05, 4.69) is 5.32 Å². The van der Waals surface area contributed by atoms with Gasteiger partial charge in [0.1, 0.15) is 22.8 Å². The number of ketones is 2. The summed E-state index contributed by atoms with van der Waals surface area (Å²) in [6.45, 7) is -0.0952. The molecule has 2 aromatic carbocycles. The van der Waals surface area contributed by atoms with Crippen molar-refractivity contribution >= 4 is 34.8 Å². The van der Waals surface area contributed by atoms with Gasteiger partial charge in [-0.25, -0.2) is 0 Å². The molecule has 48 heavy (non-hydrogen) atoms. The number of nitrogens with zero attached hydrogens (tertiary/aromatic N) is 3. The molecule has 0 aromatic heterocycles. The van der Waals surface area contributed by atoms with Crippen LogP contribution in [0.15, 0.2) is 53.3 Å². The Bertz CT molecular complexity index is 1750. The zero-order valence-corrected chi connectivity index (χ0v) is 27.9. The van der Waals surface area contributed by atoms with E-state index in [0.29, 0.717) is 17.7 Å². The number of aromatic hydroxyl groups is 1. The summed E-state index contributed by atoms with van der Waals surface area (Å²) in [5.41, 5.74) is 3.98. The quantitative estimate of drug-likeness (QED) is 0.208. The van der Waals surface area contributed by atoms with Gasteiger partial charge in [-0.2, -0.15) is 0 Å². The fourth-order valence-electron chi connectivity index (χ4n) is 7.53. The van der Waals surface area contributed by atoms with E-state index in [0.717, 1.165) is 5.56 Å². The monoisotopic (exact) mass is 661 g/mol. The average molecular weight is 662 g/mol. The molecule has 5 rings (SSSR count). The van der Waals surface area contributed by atoms with Gasteiger partial charge in [-0.15, -0.1) is 0 Å². The molecule has 1 fully saturated rings. The molecular formula is C35H43N5O8. The molecule has 3 aliphatic carbocycles. The molecule has 0 bridgehead atoms. The predicted octanol–water partition coefficient (Wildman–Crippen LogP) is 0.819. The van der Waals surface area contributed by atoms with Crippen LogP contribution in [0.5, 0.6) is 5.75 Å². The number of Topliss-reactive ketones (excluding diaryl/α,β-unsaturated/α-hetero) is 2. The maximum Gasteiger partial charge on any atom is 0.255 e. The van der Waals surface area contributed by atoms with Crippen LogP contribution in [0.25, 0.3) is 5.76 Å². The molecule has 0 spiro atoms. The highest BCUT2D eigenvalue weighted by Crippen LogP contribution is 2.54. The highest BCUT2D eigenvalue weighted by molar-refractivity contribution is 6.24. The van der Waals surface area contributed by atoms with E-state index in [1.54, 1.807) is 58.2 Å². The number of likely N-dealkylation sites (N-methyl/N-ethyl adjacent to an activating group) is 2. The number of hydrogen-bond acceptors (Lipinski definition) is 11. The van der Waals surface area contributed by atoms with Crippen LogP contribution >= 0.6 is 0 Å². The van der Waals surface area contributed by atoms with Crippen molar-refractivity contribution in [2.75, 3.05) is 47.2 Å². The summed E-state index contributed by atoms with van der Waals surface area (Å²) in [5.74, 6) is -7.40. The number of aliphatic hydroxyl groups excluding tert-OH is 2. The highest BCUT2D eigenvalue weighted by atomic mass is 16.3. The van der Waals surface area contributed by atoms with Gasteiger partial charge in [0.15, 0.2) is 11.4 Å². The second-order valence-corrected chi connectivity index (χ2v) is 13.5. The fourth-order valence-corrected chi connectivity index (χ4v) is 7.53. The molecule has 1 saturated carbocycles. The number of fused-ring (bicyclic) bond motifs is 3. The van der Waals surface area contributed by atoms with E-state index >= 15 is 0 Å². The van der Waals surface area contributed by atoms with Gasteiger partial charge < -0.3 is 36.4 Å². The Morgan fingerprint density at radius 3 is 2.25 bits per heavy atom. The molecule has 2 amide bonds. The van der Waals surface area contributed by atoms with Gasteiger partial charge >= 0.3 is 0 Å². The highest BCUT2D eigenvalue weighted by Gasteiger charge is 2.64. The Kier molecular flexibility index (Phi) is 9.17. The average Bonchev–Trinajstić information content (AvgIpc) is 3.01. The molecule has 1 unspecified atom stereocenters. The van der Waals surface area contributed by atoms with E-state index in [4.69, 9.17) is 5.73 Å². The van der Waals surface area contributed by atoms with Crippen molar-refractivity contribution in [1.29, 1.82) is 0 Å². The Balaban J connectivity index is 1.56.